The van der Waals surface area contributed by atoms with E-state index in [1.54, 1.807) is 4.68 Å². The number of hydrogen-bond donors (Lipinski definition) is 0. The predicted octanol–water partition coefficient (Wildman–Crippen LogP) is 2.16. The van der Waals surface area contributed by atoms with Crippen LogP contribution in [0.25, 0.3) is 5.69 Å². The average molecular weight is 420 g/mol. The van der Waals surface area contributed by atoms with Crippen molar-refractivity contribution in [2.45, 2.75) is 6.54 Å². The summed E-state index contributed by atoms with van der Waals surface area (Å²) in [7, 11) is 0. The van der Waals surface area contributed by atoms with E-state index in [9.17, 15) is 24.5 Å². The van der Waals surface area contributed by atoms with Gasteiger partial charge in [0.15, 0.2) is 6.61 Å². The number of nitro groups is 1. The van der Waals surface area contributed by atoms with Gasteiger partial charge >= 0.3 is 5.97 Å². The number of Topliss-reactive ketones (excluding diaryl/α,β-unsaturated/α-hetero) is 1. The van der Waals surface area contributed by atoms with Crippen LogP contribution in [-0.4, -0.2) is 50.4 Å². The molecule has 2 heterocycles. The first-order valence-corrected chi connectivity index (χ1v) is 9.29. The van der Waals surface area contributed by atoms with Gasteiger partial charge in [-0.2, -0.15) is 5.10 Å². The lowest BCUT2D eigenvalue weighted by atomic mass is 10.1. The number of fused-ring (bicyclic) bond motifs is 1. The second kappa shape index (κ2) is 8.19. The molecule has 3 aromatic rings. The molecule has 10 heteroatoms. The Hall–Kier alpha value is -4.34. The summed E-state index contributed by atoms with van der Waals surface area (Å²) in [6.07, 6.45) is 1.46. The first kappa shape index (κ1) is 20.0. The Morgan fingerprint density at radius 3 is 2.65 bits per heavy atom. The van der Waals surface area contributed by atoms with Crippen LogP contribution in [0.4, 0.5) is 5.69 Å². The minimum absolute atomic E-state index is 0.0645. The summed E-state index contributed by atoms with van der Waals surface area (Å²) >= 11 is 0. The van der Waals surface area contributed by atoms with Crippen LogP contribution in [0.3, 0.4) is 0 Å². The van der Waals surface area contributed by atoms with E-state index < -0.39 is 23.3 Å². The van der Waals surface area contributed by atoms with Crippen molar-refractivity contribution in [3.63, 3.8) is 0 Å². The summed E-state index contributed by atoms with van der Waals surface area (Å²) in [6.45, 7) is -0.728. The van der Waals surface area contributed by atoms with Crippen LogP contribution in [-0.2, 0) is 16.1 Å². The molecule has 2 aromatic carbocycles. The minimum Gasteiger partial charge on any atom is -0.456 e. The number of amides is 1. The van der Waals surface area contributed by atoms with E-state index in [0.29, 0.717) is 11.3 Å². The average Bonchev–Trinajstić information content (AvgIpc) is 3.33. The summed E-state index contributed by atoms with van der Waals surface area (Å²) in [5.41, 5.74) is 1.70. The Labute approximate surface area is 175 Å². The highest BCUT2D eigenvalue weighted by molar-refractivity contribution is 6.00. The molecule has 0 saturated heterocycles. The van der Waals surface area contributed by atoms with E-state index in [4.69, 9.17) is 4.74 Å². The smallest absolute Gasteiger partial charge is 0.326 e. The molecular formula is C21H16N4O6. The zero-order chi connectivity index (χ0) is 22.0. The summed E-state index contributed by atoms with van der Waals surface area (Å²) in [5.74, 6) is -1.68. The maximum atomic E-state index is 12.6. The van der Waals surface area contributed by atoms with Crippen molar-refractivity contribution in [2.24, 2.45) is 0 Å². The highest BCUT2D eigenvalue weighted by Gasteiger charge is 2.33. The molecule has 1 aliphatic heterocycles. The maximum absolute atomic E-state index is 12.6. The Balaban J connectivity index is 1.37. The normalized spacial score (nSPS) is 12.5. The van der Waals surface area contributed by atoms with Gasteiger partial charge in [0, 0.05) is 17.7 Å². The van der Waals surface area contributed by atoms with E-state index in [2.05, 4.69) is 5.10 Å². The van der Waals surface area contributed by atoms with Gasteiger partial charge in [-0.05, 0) is 12.1 Å². The molecule has 0 atom stereocenters. The van der Waals surface area contributed by atoms with Crippen molar-refractivity contribution in [3.05, 3.63) is 87.7 Å². The zero-order valence-corrected chi connectivity index (χ0v) is 16.1. The van der Waals surface area contributed by atoms with Crippen molar-refractivity contribution < 1.29 is 24.0 Å². The number of para-hydroxylation sites is 1. The molecule has 31 heavy (non-hydrogen) atoms. The van der Waals surface area contributed by atoms with Gasteiger partial charge in [0.1, 0.15) is 6.54 Å². The van der Waals surface area contributed by atoms with E-state index in [1.165, 1.54) is 29.3 Å². The lowest BCUT2D eigenvalue weighted by molar-refractivity contribution is -0.384. The molecule has 0 saturated carbocycles. The Kier molecular flexibility index (Phi) is 5.27. The highest BCUT2D eigenvalue weighted by atomic mass is 16.6. The molecule has 0 N–H and O–H groups in total. The number of aromatic nitrogens is 2. The molecule has 0 aliphatic carbocycles. The molecule has 0 fully saturated rings. The van der Waals surface area contributed by atoms with Crippen molar-refractivity contribution in [2.75, 3.05) is 13.2 Å². The number of hydrogen-bond acceptors (Lipinski definition) is 7. The molecule has 1 aromatic heterocycles. The van der Waals surface area contributed by atoms with Gasteiger partial charge in [-0.1, -0.05) is 30.3 Å². The van der Waals surface area contributed by atoms with Crippen molar-refractivity contribution in [1.82, 2.24) is 14.7 Å². The lowest BCUT2D eigenvalue weighted by Crippen LogP contribution is -2.32. The second-order valence-corrected chi connectivity index (χ2v) is 6.80. The lowest BCUT2D eigenvalue weighted by Gasteiger charge is -2.15. The van der Waals surface area contributed by atoms with Crippen LogP contribution >= 0.6 is 0 Å². The number of rotatable bonds is 7. The van der Waals surface area contributed by atoms with Crippen LogP contribution in [0.2, 0.25) is 0 Å². The van der Waals surface area contributed by atoms with Crippen LogP contribution in [0.5, 0.6) is 0 Å². The van der Waals surface area contributed by atoms with Gasteiger partial charge < -0.3 is 9.64 Å². The van der Waals surface area contributed by atoms with Gasteiger partial charge in [0.25, 0.3) is 11.6 Å². The van der Waals surface area contributed by atoms with Crippen molar-refractivity contribution in [3.8, 4) is 5.69 Å². The first-order chi connectivity index (χ1) is 14.9. The summed E-state index contributed by atoms with van der Waals surface area (Å²) < 4.78 is 6.63. The molecule has 1 aliphatic rings. The molecule has 156 valence electrons. The van der Waals surface area contributed by atoms with E-state index in [1.807, 2.05) is 30.3 Å². The first-order valence-electron chi connectivity index (χ1n) is 9.29. The van der Waals surface area contributed by atoms with Crippen LogP contribution in [0, 0.1) is 10.1 Å². The molecule has 10 nitrogen and oxygen atoms in total. The van der Waals surface area contributed by atoms with Crippen LogP contribution in [0.15, 0.2) is 60.8 Å². The van der Waals surface area contributed by atoms with E-state index >= 15 is 0 Å². The summed E-state index contributed by atoms with van der Waals surface area (Å²) in [6, 6.07) is 14.4. The number of carbonyl (C=O) groups excluding carboxylic acids is 3. The quantitative estimate of drug-likeness (QED) is 0.248. The molecule has 1 amide bonds. The Morgan fingerprint density at radius 1 is 1.13 bits per heavy atom. The largest absolute Gasteiger partial charge is 0.456 e. The van der Waals surface area contributed by atoms with Crippen molar-refractivity contribution in [1.29, 1.82) is 0 Å². The number of ketones is 1. The molecule has 4 rings (SSSR count). The third-order valence-electron chi connectivity index (χ3n) is 4.79. The molecule has 0 unspecified atom stereocenters. The predicted molar refractivity (Wildman–Crippen MR) is 107 cm³/mol. The number of nitrogens with zero attached hydrogens (tertiary/aromatic N) is 4. The fourth-order valence-corrected chi connectivity index (χ4v) is 3.27. The van der Waals surface area contributed by atoms with Crippen LogP contribution < -0.4 is 0 Å². The number of esters is 1. The van der Waals surface area contributed by atoms with Gasteiger partial charge in [-0.15, -0.1) is 0 Å². The number of carbonyl (C=O) groups is 3. The third-order valence-corrected chi connectivity index (χ3v) is 4.79. The molecule has 0 radical (unpaired) electrons. The van der Waals surface area contributed by atoms with Crippen molar-refractivity contribution >= 4 is 23.3 Å². The van der Waals surface area contributed by atoms with Crippen LogP contribution in [0.1, 0.15) is 26.4 Å². The fourth-order valence-electron chi connectivity index (χ4n) is 3.27. The number of ether oxygens (including phenoxy) is 1. The van der Waals surface area contributed by atoms with Gasteiger partial charge in [0.2, 0.25) is 5.78 Å². The number of nitro benzene ring substituents is 1. The summed E-state index contributed by atoms with van der Waals surface area (Å²) in [5, 5.41) is 15.1. The van der Waals surface area contributed by atoms with Gasteiger partial charge in [0.05, 0.1) is 34.6 Å². The zero-order valence-electron chi connectivity index (χ0n) is 16.1. The summed E-state index contributed by atoms with van der Waals surface area (Å²) in [4.78, 5) is 48.4. The van der Waals surface area contributed by atoms with Gasteiger partial charge in [-0.3, -0.25) is 24.5 Å². The Morgan fingerprint density at radius 2 is 1.90 bits per heavy atom. The number of benzene rings is 2. The standard InChI is InChI=1S/C21H16N4O6/c26-19(14-5-4-8-16(9-14)25(29)30)13-31-20(27)12-23-11-18-17(21(23)28)10-22-24(18)15-6-2-1-3-7-15/h1-10H,11-13H2. The number of non-ortho nitro benzene ring substituents is 1. The molecule has 0 bridgehead atoms. The molecule has 0 spiro atoms. The second-order valence-electron chi connectivity index (χ2n) is 6.80. The topological polar surface area (TPSA) is 125 Å². The highest BCUT2D eigenvalue weighted by Crippen LogP contribution is 2.25. The SMILES string of the molecule is O=C(CN1Cc2c(cnn2-c2ccccc2)C1=O)OCC(=O)c1cccc([N+](=O)[O-])c1. The third kappa shape index (κ3) is 4.04. The minimum atomic E-state index is -0.753. The maximum Gasteiger partial charge on any atom is 0.326 e. The van der Waals surface area contributed by atoms with Gasteiger partial charge in [-0.25, -0.2) is 4.68 Å². The Bertz CT molecular complexity index is 1190. The fraction of sp³-hybridized carbons (Fsp3) is 0.143. The monoisotopic (exact) mass is 420 g/mol. The molecular weight excluding hydrogens is 404 g/mol. The van der Waals surface area contributed by atoms with E-state index in [-0.39, 0.29) is 30.2 Å². The van der Waals surface area contributed by atoms with E-state index in [0.717, 1.165) is 11.8 Å².